The first-order chi connectivity index (χ1) is 22.3. The summed E-state index contributed by atoms with van der Waals surface area (Å²) in [6.45, 7) is 12.1. The summed E-state index contributed by atoms with van der Waals surface area (Å²) in [7, 11) is 4.28. The Bertz CT molecular complexity index is 2010. The van der Waals surface area contributed by atoms with Crippen LogP contribution in [0, 0.1) is 0 Å². The van der Waals surface area contributed by atoms with Crippen LogP contribution >= 0.6 is 0 Å². The van der Waals surface area contributed by atoms with E-state index in [9.17, 15) is 0 Å². The fourth-order valence-corrected chi connectivity index (χ4v) is 9.80. The Morgan fingerprint density at radius 2 is 1.67 bits per heavy atom. The highest BCUT2D eigenvalue weighted by atomic mass is 15.1. The maximum Gasteiger partial charge on any atom is 0.221 e. The zero-order chi connectivity index (χ0) is 32.0. The Morgan fingerprint density at radius 1 is 0.848 bits per heavy atom. The van der Waals surface area contributed by atoms with Crippen molar-refractivity contribution in [2.75, 3.05) is 19.0 Å². The number of rotatable bonds is 7. The van der Waals surface area contributed by atoms with Gasteiger partial charge < -0.3 is 4.90 Å². The first-order valence-electron chi connectivity index (χ1n) is 17.7. The second-order valence-electron chi connectivity index (χ2n) is 14.9. The Balaban J connectivity index is 1.43. The van der Waals surface area contributed by atoms with Crippen molar-refractivity contribution in [3.05, 3.63) is 113 Å². The van der Waals surface area contributed by atoms with Crippen molar-refractivity contribution in [1.29, 1.82) is 0 Å². The van der Waals surface area contributed by atoms with Crippen molar-refractivity contribution >= 4 is 16.5 Å². The molecular formula is C43H49N3+2. The molecular weight excluding hydrogens is 558 g/mol. The van der Waals surface area contributed by atoms with Gasteiger partial charge >= 0.3 is 0 Å². The van der Waals surface area contributed by atoms with E-state index in [0.29, 0.717) is 12.0 Å². The third-order valence-corrected chi connectivity index (χ3v) is 12.2. The van der Waals surface area contributed by atoms with E-state index in [4.69, 9.17) is 0 Å². The lowest BCUT2D eigenvalue weighted by Crippen LogP contribution is -2.66. The Hall–Kier alpha value is -3.98. The molecule has 5 aromatic rings. The van der Waals surface area contributed by atoms with Gasteiger partial charge in [-0.25, -0.2) is 0 Å². The van der Waals surface area contributed by atoms with Gasteiger partial charge in [0.1, 0.15) is 5.92 Å². The fraction of sp³-hybridized carbons (Fsp3) is 0.395. The predicted octanol–water partition coefficient (Wildman–Crippen LogP) is 9.21. The van der Waals surface area contributed by atoms with E-state index in [2.05, 4.69) is 148 Å². The van der Waals surface area contributed by atoms with Gasteiger partial charge in [-0.15, -0.1) is 0 Å². The largest absolute Gasteiger partial charge is 0.378 e. The second kappa shape index (κ2) is 10.5. The summed E-state index contributed by atoms with van der Waals surface area (Å²) in [4.78, 5) is 2.22. The lowest BCUT2D eigenvalue weighted by atomic mass is 9.60. The Morgan fingerprint density at radius 3 is 2.43 bits per heavy atom. The van der Waals surface area contributed by atoms with Crippen molar-refractivity contribution in [2.24, 2.45) is 0 Å². The number of aromatic nitrogens is 2. The fourth-order valence-electron chi connectivity index (χ4n) is 9.80. The Kier molecular flexibility index (Phi) is 6.73. The molecule has 1 aliphatic carbocycles. The molecule has 0 N–H and O–H groups in total. The van der Waals surface area contributed by atoms with Gasteiger partial charge in [-0.1, -0.05) is 77.4 Å². The monoisotopic (exact) mass is 607 g/mol. The van der Waals surface area contributed by atoms with Crippen molar-refractivity contribution in [3.63, 3.8) is 0 Å². The smallest absolute Gasteiger partial charge is 0.221 e. The van der Waals surface area contributed by atoms with Crippen molar-refractivity contribution in [1.82, 2.24) is 0 Å². The molecule has 0 spiro atoms. The van der Waals surface area contributed by atoms with Crippen LogP contribution in [0.25, 0.3) is 33.3 Å². The molecule has 0 saturated carbocycles. The molecule has 3 nitrogen and oxygen atoms in total. The highest BCUT2D eigenvalue weighted by Gasteiger charge is 2.60. The lowest BCUT2D eigenvalue weighted by molar-refractivity contribution is -0.785. The van der Waals surface area contributed by atoms with Gasteiger partial charge in [0.05, 0.1) is 16.5 Å². The third-order valence-electron chi connectivity index (χ3n) is 12.2. The summed E-state index contributed by atoms with van der Waals surface area (Å²) < 4.78 is 5.42. The molecule has 0 saturated heterocycles. The summed E-state index contributed by atoms with van der Waals surface area (Å²) in [5.41, 5.74) is 14.3. The minimum atomic E-state index is -0.0746. The number of anilines is 1. The maximum atomic E-state index is 2.78. The molecule has 234 valence electrons. The summed E-state index contributed by atoms with van der Waals surface area (Å²) in [6.07, 6.45) is 11.6. The van der Waals surface area contributed by atoms with E-state index in [1.165, 1.54) is 74.1 Å². The van der Waals surface area contributed by atoms with Crippen LogP contribution in [0.3, 0.4) is 0 Å². The molecule has 2 aliphatic heterocycles. The quantitative estimate of drug-likeness (QED) is 0.168. The van der Waals surface area contributed by atoms with Crippen LogP contribution in [0.1, 0.15) is 100 Å². The van der Waals surface area contributed by atoms with Crippen molar-refractivity contribution in [3.8, 4) is 22.5 Å². The number of benzene rings is 3. The molecule has 0 bridgehead atoms. The molecule has 46 heavy (non-hydrogen) atoms. The maximum absolute atomic E-state index is 2.78. The van der Waals surface area contributed by atoms with Crippen LogP contribution in [-0.2, 0) is 23.8 Å². The lowest BCUT2D eigenvalue weighted by Gasteiger charge is -2.46. The van der Waals surface area contributed by atoms with Gasteiger partial charge in [0, 0.05) is 62.7 Å². The van der Waals surface area contributed by atoms with Crippen LogP contribution < -0.4 is 14.0 Å². The number of pyridine rings is 2. The standard InChI is InChI=1S/C43H49N3/c1-8-11-15-28-20-22-35-38-31(28)23-25-46-41(38)39-32(16-14-17-34(39)42(35,4)5)40(43(46,9-2)10-3)37-26-29-19-21-30(44(6)7)27-33(29)36-18-12-13-24-45(36)37/h12-14,16-25,27,37,40H,8-11,15,26H2,1-7H3/q+2. The number of fused-ring (bicyclic) bond motifs is 3. The molecule has 8 rings (SSSR count). The van der Waals surface area contributed by atoms with Gasteiger partial charge in [0.25, 0.3) is 0 Å². The molecule has 3 heteroatoms. The zero-order valence-electron chi connectivity index (χ0n) is 28.8. The Labute approximate surface area is 275 Å². The molecule has 2 unspecified atom stereocenters. The third kappa shape index (κ3) is 3.84. The highest BCUT2D eigenvalue weighted by Crippen LogP contribution is 2.58. The normalized spacial score (nSPS) is 19.5. The van der Waals surface area contributed by atoms with Crippen molar-refractivity contribution in [2.45, 2.75) is 96.1 Å². The van der Waals surface area contributed by atoms with Crippen LogP contribution in [0.2, 0.25) is 0 Å². The van der Waals surface area contributed by atoms with Crippen LogP contribution in [0.5, 0.6) is 0 Å². The van der Waals surface area contributed by atoms with E-state index >= 15 is 0 Å². The molecule has 3 aromatic carbocycles. The predicted molar refractivity (Wildman–Crippen MR) is 191 cm³/mol. The van der Waals surface area contributed by atoms with Crippen LogP contribution in [-0.4, -0.2) is 14.1 Å². The topological polar surface area (TPSA) is 11.0 Å². The number of unbranched alkanes of at least 4 members (excludes halogenated alkanes) is 1. The summed E-state index contributed by atoms with van der Waals surface area (Å²) in [6, 6.07) is 28.9. The molecule has 3 aliphatic rings. The van der Waals surface area contributed by atoms with Crippen LogP contribution in [0.4, 0.5) is 5.69 Å². The van der Waals surface area contributed by atoms with E-state index in [-0.39, 0.29) is 11.0 Å². The second-order valence-corrected chi connectivity index (χ2v) is 14.9. The minimum Gasteiger partial charge on any atom is -0.378 e. The first kappa shape index (κ1) is 29.4. The van der Waals surface area contributed by atoms with Crippen LogP contribution in [0.15, 0.2) is 85.2 Å². The van der Waals surface area contributed by atoms with E-state index in [1.54, 1.807) is 5.56 Å². The number of hydrogen-bond donors (Lipinski definition) is 0. The molecule has 4 heterocycles. The number of nitrogens with zero attached hydrogens (tertiary/aromatic N) is 3. The van der Waals surface area contributed by atoms with Gasteiger partial charge in [-0.3, -0.25) is 0 Å². The molecule has 0 amide bonds. The average Bonchev–Trinajstić information content (AvgIpc) is 3.08. The number of hydrogen-bond acceptors (Lipinski definition) is 1. The van der Waals surface area contributed by atoms with E-state index in [0.717, 1.165) is 25.7 Å². The highest BCUT2D eigenvalue weighted by molar-refractivity contribution is 6.02. The molecule has 2 atom stereocenters. The van der Waals surface area contributed by atoms with Gasteiger partial charge in [0.2, 0.25) is 11.4 Å². The minimum absolute atomic E-state index is 0.0564. The summed E-state index contributed by atoms with van der Waals surface area (Å²) >= 11 is 0. The van der Waals surface area contributed by atoms with Gasteiger partial charge in [-0.05, 0) is 64.2 Å². The van der Waals surface area contributed by atoms with Gasteiger partial charge in [-0.2, -0.15) is 9.13 Å². The first-order valence-corrected chi connectivity index (χ1v) is 17.7. The van der Waals surface area contributed by atoms with Crippen molar-refractivity contribution < 1.29 is 9.13 Å². The molecule has 2 aromatic heterocycles. The van der Waals surface area contributed by atoms with E-state index in [1.807, 2.05) is 0 Å². The summed E-state index contributed by atoms with van der Waals surface area (Å²) in [5, 5.41) is 2.97. The summed E-state index contributed by atoms with van der Waals surface area (Å²) in [5.74, 6) is 0.320. The molecule has 0 radical (unpaired) electrons. The van der Waals surface area contributed by atoms with E-state index < -0.39 is 0 Å². The zero-order valence-corrected chi connectivity index (χ0v) is 28.8. The number of aryl methyl sites for hydroxylation is 1. The average molecular weight is 608 g/mol. The molecule has 0 fully saturated rings. The van der Waals surface area contributed by atoms with Gasteiger partial charge in [0.15, 0.2) is 24.0 Å². The SMILES string of the molecule is CCCCc1ccc2c3c4[n+](ccc13)C(CC)(CC)C(C1Cc3ccc(N(C)C)cc3-c3cccc[n+]31)c1cccc(c1-4)C2(C)C.